The lowest BCUT2D eigenvalue weighted by Gasteiger charge is -2.04. The van der Waals surface area contributed by atoms with E-state index in [-0.39, 0.29) is 6.61 Å². The lowest BCUT2D eigenvalue weighted by atomic mass is 10.3. The molecule has 0 aliphatic rings. The lowest BCUT2D eigenvalue weighted by Crippen LogP contribution is -1.88. The predicted molar refractivity (Wildman–Crippen MR) is 56.4 cm³/mol. The summed E-state index contributed by atoms with van der Waals surface area (Å²) in [7, 11) is 0. The molecule has 0 spiro atoms. The van der Waals surface area contributed by atoms with Crippen LogP contribution in [0.3, 0.4) is 0 Å². The van der Waals surface area contributed by atoms with E-state index >= 15 is 0 Å². The summed E-state index contributed by atoms with van der Waals surface area (Å²) in [5.41, 5.74) is 1.13. The number of hydrogen-bond donors (Lipinski definition) is 1. The van der Waals surface area contributed by atoms with Gasteiger partial charge < -0.3 is 5.11 Å². The Morgan fingerprint density at radius 1 is 1.62 bits per heavy atom. The van der Waals surface area contributed by atoms with Crippen molar-refractivity contribution in [3.8, 4) is 0 Å². The van der Waals surface area contributed by atoms with Gasteiger partial charge in [-0.25, -0.2) is 4.98 Å². The van der Waals surface area contributed by atoms with Gasteiger partial charge in [-0.15, -0.1) is 11.8 Å². The molecule has 72 valence electrons. The van der Waals surface area contributed by atoms with Crippen LogP contribution in [-0.2, 0) is 0 Å². The molecule has 1 aromatic heterocycles. The zero-order valence-corrected chi connectivity index (χ0v) is 9.03. The minimum atomic E-state index is 0.241. The van der Waals surface area contributed by atoms with Crippen LogP contribution in [0.25, 0.3) is 0 Å². The lowest BCUT2D eigenvalue weighted by molar-refractivity contribution is 0.296. The van der Waals surface area contributed by atoms with Crippen LogP contribution in [0.2, 0.25) is 5.15 Å². The smallest absolute Gasteiger partial charge is 0.130 e. The summed E-state index contributed by atoms with van der Waals surface area (Å²) < 4.78 is 0. The van der Waals surface area contributed by atoms with Crippen LogP contribution < -0.4 is 0 Å². The predicted octanol–water partition coefficient (Wildman–Crippen LogP) is 2.52. The minimum absolute atomic E-state index is 0.241. The summed E-state index contributed by atoms with van der Waals surface area (Å²) in [5.74, 6) is 0.914. The molecular formula is C9H12ClNOS. The molecule has 0 aliphatic carbocycles. The van der Waals surface area contributed by atoms with Gasteiger partial charge in [0, 0.05) is 23.5 Å². The normalized spacial score (nSPS) is 10.4. The molecular weight excluding hydrogens is 206 g/mol. The van der Waals surface area contributed by atoms with Gasteiger partial charge in [0.15, 0.2) is 0 Å². The second-order valence-corrected chi connectivity index (χ2v) is 4.22. The summed E-state index contributed by atoms with van der Waals surface area (Å²) >= 11 is 7.46. The number of aliphatic hydroxyl groups excluding tert-OH is 1. The highest BCUT2D eigenvalue weighted by Crippen LogP contribution is 2.24. The van der Waals surface area contributed by atoms with Crippen molar-refractivity contribution in [3.63, 3.8) is 0 Å². The molecule has 4 heteroatoms. The van der Waals surface area contributed by atoms with Gasteiger partial charge in [0.25, 0.3) is 0 Å². The summed E-state index contributed by atoms with van der Waals surface area (Å²) in [4.78, 5) is 5.12. The van der Waals surface area contributed by atoms with Crippen molar-refractivity contribution in [2.75, 3.05) is 12.4 Å². The molecule has 1 N–H and O–H groups in total. The van der Waals surface area contributed by atoms with E-state index < -0.39 is 0 Å². The highest BCUT2D eigenvalue weighted by atomic mass is 35.5. The van der Waals surface area contributed by atoms with E-state index in [1.807, 2.05) is 13.0 Å². The van der Waals surface area contributed by atoms with Crippen molar-refractivity contribution < 1.29 is 5.11 Å². The van der Waals surface area contributed by atoms with Crippen molar-refractivity contribution in [2.45, 2.75) is 18.2 Å². The number of rotatable bonds is 4. The number of pyridine rings is 1. The van der Waals surface area contributed by atoms with E-state index in [9.17, 15) is 0 Å². The highest BCUT2D eigenvalue weighted by molar-refractivity contribution is 7.99. The van der Waals surface area contributed by atoms with Crippen LogP contribution in [0.5, 0.6) is 0 Å². The van der Waals surface area contributed by atoms with Crippen LogP contribution in [0.4, 0.5) is 0 Å². The first kappa shape index (κ1) is 10.8. The third-order valence-electron chi connectivity index (χ3n) is 1.58. The zero-order valence-electron chi connectivity index (χ0n) is 7.46. The molecule has 0 bridgehead atoms. The fourth-order valence-electron chi connectivity index (χ4n) is 0.884. The molecule has 1 rings (SSSR count). The van der Waals surface area contributed by atoms with Gasteiger partial charge >= 0.3 is 0 Å². The van der Waals surface area contributed by atoms with Crippen LogP contribution >= 0.6 is 23.4 Å². The second kappa shape index (κ2) is 5.47. The van der Waals surface area contributed by atoms with Crippen LogP contribution in [0.1, 0.15) is 12.0 Å². The van der Waals surface area contributed by atoms with E-state index in [0.29, 0.717) is 5.15 Å². The quantitative estimate of drug-likeness (QED) is 0.478. The highest BCUT2D eigenvalue weighted by Gasteiger charge is 2.00. The summed E-state index contributed by atoms with van der Waals surface area (Å²) in [5, 5.41) is 9.14. The fourth-order valence-corrected chi connectivity index (χ4v) is 2.07. The first-order valence-corrected chi connectivity index (χ1v) is 5.46. The average molecular weight is 218 g/mol. The van der Waals surface area contributed by atoms with Gasteiger partial charge in [-0.05, 0) is 25.0 Å². The molecule has 0 radical (unpaired) electrons. The summed E-state index contributed by atoms with van der Waals surface area (Å²) in [6.07, 6.45) is 2.58. The van der Waals surface area contributed by atoms with Crippen molar-refractivity contribution >= 4 is 23.4 Å². The van der Waals surface area contributed by atoms with E-state index in [4.69, 9.17) is 16.7 Å². The number of halogens is 1. The fraction of sp³-hybridized carbons (Fsp3) is 0.444. The molecule has 0 fully saturated rings. The first-order valence-electron chi connectivity index (χ1n) is 4.10. The average Bonchev–Trinajstić information content (AvgIpc) is 2.11. The van der Waals surface area contributed by atoms with Crippen molar-refractivity contribution in [1.82, 2.24) is 4.98 Å². The third kappa shape index (κ3) is 3.55. The molecule has 0 saturated carbocycles. The van der Waals surface area contributed by atoms with Gasteiger partial charge in [-0.3, -0.25) is 0 Å². The topological polar surface area (TPSA) is 33.1 Å². The SMILES string of the molecule is Cc1cnc(Cl)cc1SCCCO. The molecule has 1 aromatic rings. The maximum atomic E-state index is 8.62. The minimum Gasteiger partial charge on any atom is -0.396 e. The Hall–Kier alpha value is -0.250. The van der Waals surface area contributed by atoms with Crippen LogP contribution in [-0.4, -0.2) is 22.5 Å². The third-order valence-corrected chi connectivity index (χ3v) is 3.03. The molecule has 13 heavy (non-hydrogen) atoms. The monoisotopic (exact) mass is 217 g/mol. The number of thioether (sulfide) groups is 1. The van der Waals surface area contributed by atoms with Crippen molar-refractivity contribution in [1.29, 1.82) is 0 Å². The summed E-state index contributed by atoms with van der Waals surface area (Å²) in [6.45, 7) is 2.25. The van der Waals surface area contributed by atoms with Crippen molar-refractivity contribution in [2.24, 2.45) is 0 Å². The molecule has 1 heterocycles. The molecule has 0 saturated heterocycles. The van der Waals surface area contributed by atoms with E-state index in [2.05, 4.69) is 4.98 Å². The molecule has 2 nitrogen and oxygen atoms in total. The molecule has 0 amide bonds. The Morgan fingerprint density at radius 3 is 3.08 bits per heavy atom. The van der Waals surface area contributed by atoms with Gasteiger partial charge in [0.2, 0.25) is 0 Å². The largest absolute Gasteiger partial charge is 0.396 e. The standard InChI is InChI=1S/C9H12ClNOS/c1-7-6-11-9(10)5-8(7)13-4-2-3-12/h5-6,12H,2-4H2,1H3. The van der Waals surface area contributed by atoms with Crippen LogP contribution in [0, 0.1) is 6.92 Å². The number of aromatic nitrogens is 1. The van der Waals surface area contributed by atoms with Gasteiger partial charge in [0.1, 0.15) is 5.15 Å². The van der Waals surface area contributed by atoms with Crippen LogP contribution in [0.15, 0.2) is 17.2 Å². The van der Waals surface area contributed by atoms with E-state index in [1.54, 1.807) is 18.0 Å². The zero-order chi connectivity index (χ0) is 9.68. The van der Waals surface area contributed by atoms with Gasteiger partial charge in [0.05, 0.1) is 0 Å². The Bertz CT molecular complexity index is 280. The Labute approximate surface area is 87.3 Å². The van der Waals surface area contributed by atoms with Gasteiger partial charge in [-0.2, -0.15) is 0 Å². The van der Waals surface area contributed by atoms with E-state index in [0.717, 1.165) is 22.6 Å². The molecule has 0 unspecified atom stereocenters. The second-order valence-electron chi connectivity index (χ2n) is 2.70. The number of hydrogen-bond acceptors (Lipinski definition) is 3. The van der Waals surface area contributed by atoms with Crippen molar-refractivity contribution in [3.05, 3.63) is 23.0 Å². The maximum Gasteiger partial charge on any atom is 0.130 e. The number of aryl methyl sites for hydroxylation is 1. The Morgan fingerprint density at radius 2 is 2.38 bits per heavy atom. The Kier molecular flexibility index (Phi) is 4.56. The first-order chi connectivity index (χ1) is 6.24. The van der Waals surface area contributed by atoms with Gasteiger partial charge in [-0.1, -0.05) is 11.6 Å². The molecule has 0 atom stereocenters. The number of nitrogens with zero attached hydrogens (tertiary/aromatic N) is 1. The van der Waals surface area contributed by atoms with E-state index in [1.165, 1.54) is 0 Å². The number of aliphatic hydroxyl groups is 1. The Balaban J connectivity index is 2.59. The summed E-state index contributed by atoms with van der Waals surface area (Å²) in [6, 6.07) is 1.86. The maximum absolute atomic E-state index is 8.62. The molecule has 0 aliphatic heterocycles. The molecule has 0 aromatic carbocycles.